The maximum Gasteiger partial charge on any atom is 0.0946 e. The molecule has 1 unspecified atom stereocenters. The van der Waals surface area contributed by atoms with E-state index in [9.17, 15) is 0 Å². The number of aromatic nitrogens is 2. The predicted molar refractivity (Wildman–Crippen MR) is 67.1 cm³/mol. The Morgan fingerprint density at radius 1 is 1.38 bits per heavy atom. The Hall–Kier alpha value is -0.990. The van der Waals surface area contributed by atoms with E-state index in [1.54, 1.807) is 18.6 Å². The van der Waals surface area contributed by atoms with E-state index in [1.807, 2.05) is 22.9 Å². The van der Waals surface area contributed by atoms with Gasteiger partial charge in [-0.3, -0.25) is 0 Å². The number of halogens is 2. The minimum absolute atomic E-state index is 0.332. The van der Waals surface area contributed by atoms with Crippen LogP contribution in [0.15, 0.2) is 36.9 Å². The van der Waals surface area contributed by atoms with Crippen molar-refractivity contribution >= 4 is 23.2 Å². The fourth-order valence-corrected chi connectivity index (χ4v) is 2.31. The SMILES string of the molecule is CC(Cn1ccnc1)c1ccc(Cl)cc1Cl. The van der Waals surface area contributed by atoms with Crippen LogP contribution in [0, 0.1) is 0 Å². The fraction of sp³-hybridized carbons (Fsp3) is 0.250. The largest absolute Gasteiger partial charge is 0.337 e. The highest BCUT2D eigenvalue weighted by molar-refractivity contribution is 6.35. The molecular weight excluding hydrogens is 243 g/mol. The molecule has 0 amide bonds. The second-order valence-corrected chi connectivity index (χ2v) is 4.67. The zero-order chi connectivity index (χ0) is 11.5. The predicted octanol–water partition coefficient (Wildman–Crippen LogP) is 3.99. The number of rotatable bonds is 3. The highest BCUT2D eigenvalue weighted by Crippen LogP contribution is 2.28. The second-order valence-electron chi connectivity index (χ2n) is 3.83. The highest BCUT2D eigenvalue weighted by atomic mass is 35.5. The fourth-order valence-electron chi connectivity index (χ4n) is 1.71. The molecule has 1 aromatic heterocycles. The summed E-state index contributed by atoms with van der Waals surface area (Å²) in [5, 5.41) is 1.39. The monoisotopic (exact) mass is 254 g/mol. The molecular formula is C12H12Cl2N2. The number of hydrogen-bond acceptors (Lipinski definition) is 1. The van der Waals surface area contributed by atoms with E-state index < -0.39 is 0 Å². The lowest BCUT2D eigenvalue weighted by atomic mass is 10.0. The Morgan fingerprint density at radius 3 is 2.81 bits per heavy atom. The molecule has 0 saturated heterocycles. The molecule has 2 aromatic rings. The minimum atomic E-state index is 0.332. The summed E-state index contributed by atoms with van der Waals surface area (Å²) in [4.78, 5) is 4.01. The van der Waals surface area contributed by atoms with Crippen LogP contribution in [-0.2, 0) is 6.54 Å². The first kappa shape index (κ1) is 11.5. The summed E-state index contributed by atoms with van der Waals surface area (Å²) in [5.74, 6) is 0.332. The molecule has 4 heteroatoms. The van der Waals surface area contributed by atoms with Gasteiger partial charge in [0.1, 0.15) is 0 Å². The number of nitrogens with zero attached hydrogens (tertiary/aromatic N) is 2. The number of imidazole rings is 1. The van der Waals surface area contributed by atoms with Crippen LogP contribution in [0.3, 0.4) is 0 Å². The molecule has 0 aliphatic heterocycles. The molecule has 0 spiro atoms. The van der Waals surface area contributed by atoms with E-state index in [0.29, 0.717) is 10.9 Å². The Bertz CT molecular complexity index is 466. The van der Waals surface area contributed by atoms with Crippen LogP contribution in [0.25, 0.3) is 0 Å². The van der Waals surface area contributed by atoms with E-state index in [-0.39, 0.29) is 0 Å². The van der Waals surface area contributed by atoms with Gasteiger partial charge in [0.05, 0.1) is 6.33 Å². The first-order valence-corrected chi connectivity index (χ1v) is 5.83. The zero-order valence-corrected chi connectivity index (χ0v) is 10.4. The zero-order valence-electron chi connectivity index (χ0n) is 8.90. The molecule has 1 heterocycles. The van der Waals surface area contributed by atoms with Crippen molar-refractivity contribution in [3.8, 4) is 0 Å². The molecule has 2 nitrogen and oxygen atoms in total. The van der Waals surface area contributed by atoms with Crippen molar-refractivity contribution in [3.05, 3.63) is 52.5 Å². The number of benzene rings is 1. The van der Waals surface area contributed by atoms with Gasteiger partial charge in [0, 0.05) is 34.9 Å². The second kappa shape index (κ2) is 4.89. The molecule has 0 radical (unpaired) electrons. The molecule has 0 saturated carbocycles. The molecule has 84 valence electrons. The number of hydrogen-bond donors (Lipinski definition) is 0. The van der Waals surface area contributed by atoms with E-state index in [2.05, 4.69) is 11.9 Å². The van der Waals surface area contributed by atoms with Gasteiger partial charge in [0.2, 0.25) is 0 Å². The van der Waals surface area contributed by atoms with E-state index >= 15 is 0 Å². The van der Waals surface area contributed by atoms with Crippen LogP contribution in [0.2, 0.25) is 10.0 Å². The first-order chi connectivity index (χ1) is 7.66. The smallest absolute Gasteiger partial charge is 0.0946 e. The topological polar surface area (TPSA) is 17.8 Å². The van der Waals surface area contributed by atoms with Gasteiger partial charge < -0.3 is 4.57 Å². The van der Waals surface area contributed by atoms with Crippen molar-refractivity contribution < 1.29 is 0 Å². The first-order valence-electron chi connectivity index (χ1n) is 5.07. The molecule has 0 aliphatic rings. The van der Waals surface area contributed by atoms with Gasteiger partial charge in [-0.15, -0.1) is 0 Å². The maximum atomic E-state index is 6.16. The molecule has 0 aliphatic carbocycles. The summed E-state index contributed by atoms with van der Waals surface area (Å²) in [6.45, 7) is 3.00. The third-order valence-corrected chi connectivity index (χ3v) is 3.10. The van der Waals surface area contributed by atoms with Gasteiger partial charge in [-0.1, -0.05) is 36.2 Å². The Kier molecular flexibility index (Phi) is 3.52. The quantitative estimate of drug-likeness (QED) is 0.810. The normalized spacial score (nSPS) is 12.7. The van der Waals surface area contributed by atoms with Crippen molar-refractivity contribution in [1.29, 1.82) is 0 Å². The van der Waals surface area contributed by atoms with Gasteiger partial charge in [0.25, 0.3) is 0 Å². The Labute approximate surface area is 105 Å². The molecule has 0 bridgehead atoms. The summed E-state index contributed by atoms with van der Waals surface area (Å²) >= 11 is 12.0. The molecule has 2 rings (SSSR count). The lowest BCUT2D eigenvalue weighted by molar-refractivity contribution is 0.597. The minimum Gasteiger partial charge on any atom is -0.337 e. The standard InChI is InChI=1S/C12H12Cl2N2/c1-9(7-16-5-4-15-8-16)11-3-2-10(13)6-12(11)14/h2-6,8-9H,7H2,1H3. The Balaban J connectivity index is 2.17. The van der Waals surface area contributed by atoms with Crippen molar-refractivity contribution in [2.24, 2.45) is 0 Å². The van der Waals surface area contributed by atoms with Gasteiger partial charge in [-0.2, -0.15) is 0 Å². The van der Waals surface area contributed by atoms with Crippen LogP contribution in [0.5, 0.6) is 0 Å². The average Bonchev–Trinajstić information content (AvgIpc) is 2.70. The third-order valence-electron chi connectivity index (χ3n) is 2.54. The molecule has 1 aromatic carbocycles. The van der Waals surface area contributed by atoms with Gasteiger partial charge in [0.15, 0.2) is 0 Å². The molecule has 0 fully saturated rings. The maximum absolute atomic E-state index is 6.16. The average molecular weight is 255 g/mol. The van der Waals surface area contributed by atoms with Gasteiger partial charge in [-0.05, 0) is 17.7 Å². The van der Waals surface area contributed by atoms with Crippen molar-refractivity contribution in [3.63, 3.8) is 0 Å². The van der Waals surface area contributed by atoms with Gasteiger partial charge >= 0.3 is 0 Å². The van der Waals surface area contributed by atoms with Crippen LogP contribution in [0.4, 0.5) is 0 Å². The lowest BCUT2D eigenvalue weighted by Crippen LogP contribution is -2.04. The van der Waals surface area contributed by atoms with Crippen molar-refractivity contribution in [2.75, 3.05) is 0 Å². The van der Waals surface area contributed by atoms with E-state index in [1.165, 1.54) is 0 Å². The summed E-state index contributed by atoms with van der Waals surface area (Å²) in [6.07, 6.45) is 5.52. The van der Waals surface area contributed by atoms with Crippen LogP contribution in [-0.4, -0.2) is 9.55 Å². The summed E-state index contributed by atoms with van der Waals surface area (Å²) < 4.78 is 2.04. The highest BCUT2D eigenvalue weighted by Gasteiger charge is 2.10. The van der Waals surface area contributed by atoms with Crippen LogP contribution in [0.1, 0.15) is 18.4 Å². The van der Waals surface area contributed by atoms with Crippen LogP contribution < -0.4 is 0 Å². The Morgan fingerprint density at radius 2 is 2.19 bits per heavy atom. The van der Waals surface area contributed by atoms with Crippen LogP contribution >= 0.6 is 23.2 Å². The summed E-state index contributed by atoms with van der Waals surface area (Å²) in [5.41, 5.74) is 1.11. The third kappa shape index (κ3) is 2.57. The van der Waals surface area contributed by atoms with Crippen molar-refractivity contribution in [2.45, 2.75) is 19.4 Å². The molecule has 0 N–H and O–H groups in total. The van der Waals surface area contributed by atoms with E-state index in [4.69, 9.17) is 23.2 Å². The molecule has 16 heavy (non-hydrogen) atoms. The van der Waals surface area contributed by atoms with Gasteiger partial charge in [-0.25, -0.2) is 4.98 Å². The van der Waals surface area contributed by atoms with Crippen molar-refractivity contribution in [1.82, 2.24) is 9.55 Å². The summed E-state index contributed by atoms with van der Waals surface area (Å²) in [6, 6.07) is 5.63. The lowest BCUT2D eigenvalue weighted by Gasteiger charge is -2.14. The van der Waals surface area contributed by atoms with E-state index in [0.717, 1.165) is 17.1 Å². The molecule has 1 atom stereocenters. The summed E-state index contributed by atoms with van der Waals surface area (Å²) in [7, 11) is 0.